The number of carbonyl (C=O) groups is 2. The van der Waals surface area contributed by atoms with Gasteiger partial charge >= 0.3 is 29.6 Å². The van der Waals surface area contributed by atoms with Gasteiger partial charge in [-0.25, -0.2) is 8.42 Å². The smallest absolute Gasteiger partial charge is 0.744 e. The quantitative estimate of drug-likeness (QED) is 0.218. The maximum Gasteiger partial charge on any atom is 1.00 e. The molecular formula is C21H16N3NaO5S. The molecular weight excluding hydrogens is 429 g/mol. The number of hydrogen-bond acceptors (Lipinski definition) is 8. The largest absolute Gasteiger partial charge is 1.00 e. The van der Waals surface area contributed by atoms with Gasteiger partial charge in [0.05, 0.1) is 27.4 Å². The van der Waals surface area contributed by atoms with Gasteiger partial charge < -0.3 is 21.3 Å². The molecule has 0 aliphatic heterocycles. The third-order valence-corrected chi connectivity index (χ3v) is 5.90. The van der Waals surface area contributed by atoms with E-state index in [0.29, 0.717) is 11.4 Å². The molecule has 0 heterocycles. The summed E-state index contributed by atoms with van der Waals surface area (Å²) in [4.78, 5) is 25.5. The summed E-state index contributed by atoms with van der Waals surface area (Å²) in [5.41, 5.74) is 12.8. The van der Waals surface area contributed by atoms with Gasteiger partial charge in [0, 0.05) is 22.5 Å². The van der Waals surface area contributed by atoms with Crippen LogP contribution in [0.25, 0.3) is 0 Å². The fourth-order valence-corrected chi connectivity index (χ4v) is 4.11. The van der Waals surface area contributed by atoms with Gasteiger partial charge in [0.15, 0.2) is 11.6 Å². The zero-order chi connectivity index (χ0) is 21.8. The standard InChI is InChI=1S/C21H17N3O5S.Na/c1-10-6-7-11(8-14(10)22)24-15-9-16(30(27,28)29)19(23)18-17(15)20(25)12-4-2-3-5-13(12)21(18)26;/h2-9,24H,22-23H2,1H3,(H,27,28,29);/q;+1/p-1. The molecule has 0 saturated heterocycles. The Labute approximate surface area is 200 Å². The number of nitrogens with one attached hydrogen (secondary N) is 1. The predicted molar refractivity (Wildman–Crippen MR) is 111 cm³/mol. The Hall–Kier alpha value is -2.69. The summed E-state index contributed by atoms with van der Waals surface area (Å²) in [5.74, 6) is -1.14. The average Bonchev–Trinajstić information content (AvgIpc) is 2.69. The second-order valence-corrected chi connectivity index (χ2v) is 8.29. The second-order valence-electron chi connectivity index (χ2n) is 6.94. The van der Waals surface area contributed by atoms with Crippen molar-refractivity contribution in [3.8, 4) is 0 Å². The molecule has 0 spiro atoms. The molecule has 0 unspecified atom stereocenters. The van der Waals surface area contributed by atoms with Crippen LogP contribution in [-0.4, -0.2) is 24.5 Å². The van der Waals surface area contributed by atoms with E-state index in [4.69, 9.17) is 11.5 Å². The first-order valence-corrected chi connectivity index (χ1v) is 10.2. The molecule has 31 heavy (non-hydrogen) atoms. The van der Waals surface area contributed by atoms with Crippen LogP contribution in [0.2, 0.25) is 0 Å². The topological polar surface area (TPSA) is 155 Å². The maximum absolute atomic E-state index is 13.2. The predicted octanol–water partition coefficient (Wildman–Crippen LogP) is -0.413. The van der Waals surface area contributed by atoms with E-state index < -0.39 is 32.3 Å². The van der Waals surface area contributed by atoms with Crippen LogP contribution in [0, 0.1) is 6.92 Å². The minimum Gasteiger partial charge on any atom is -0.744 e. The fourth-order valence-electron chi connectivity index (χ4n) is 3.47. The van der Waals surface area contributed by atoms with Crippen LogP contribution in [0.1, 0.15) is 37.4 Å². The number of nitrogens with two attached hydrogens (primary N) is 2. The van der Waals surface area contributed by atoms with Crippen molar-refractivity contribution >= 4 is 44.4 Å². The minimum absolute atomic E-state index is 0. The van der Waals surface area contributed by atoms with Crippen LogP contribution in [0.15, 0.2) is 53.4 Å². The number of nitrogen functional groups attached to an aromatic ring is 2. The normalized spacial score (nSPS) is 12.6. The van der Waals surface area contributed by atoms with Crippen molar-refractivity contribution in [3.63, 3.8) is 0 Å². The van der Waals surface area contributed by atoms with E-state index >= 15 is 0 Å². The van der Waals surface area contributed by atoms with Gasteiger partial charge in [-0.1, -0.05) is 30.3 Å². The van der Waals surface area contributed by atoms with Crippen LogP contribution in [0.3, 0.4) is 0 Å². The van der Waals surface area contributed by atoms with Crippen LogP contribution in [-0.2, 0) is 10.1 Å². The molecule has 0 radical (unpaired) electrons. The van der Waals surface area contributed by atoms with Gasteiger partial charge in [0.1, 0.15) is 10.1 Å². The van der Waals surface area contributed by atoms with Crippen molar-refractivity contribution in [2.75, 3.05) is 16.8 Å². The minimum atomic E-state index is -5.02. The van der Waals surface area contributed by atoms with Crippen molar-refractivity contribution in [1.29, 1.82) is 0 Å². The number of ketones is 2. The summed E-state index contributed by atoms with van der Waals surface area (Å²) >= 11 is 0. The van der Waals surface area contributed by atoms with Crippen LogP contribution in [0.5, 0.6) is 0 Å². The Morgan fingerprint density at radius 3 is 2.03 bits per heavy atom. The molecule has 0 atom stereocenters. The summed E-state index contributed by atoms with van der Waals surface area (Å²) in [7, 11) is -5.02. The zero-order valence-corrected chi connectivity index (χ0v) is 19.5. The Balaban J connectivity index is 0.00000272. The van der Waals surface area contributed by atoms with Crippen molar-refractivity contribution in [2.24, 2.45) is 0 Å². The van der Waals surface area contributed by atoms with Crippen molar-refractivity contribution in [2.45, 2.75) is 11.8 Å². The molecule has 1 aliphatic rings. The Bertz CT molecular complexity index is 1370. The summed E-state index contributed by atoms with van der Waals surface area (Å²) in [5, 5.41) is 2.91. The van der Waals surface area contributed by atoms with Crippen molar-refractivity contribution < 1.29 is 52.1 Å². The van der Waals surface area contributed by atoms with E-state index in [2.05, 4.69) is 5.32 Å². The molecule has 3 aromatic rings. The van der Waals surface area contributed by atoms with Crippen LogP contribution >= 0.6 is 0 Å². The number of anilines is 4. The molecule has 0 saturated carbocycles. The van der Waals surface area contributed by atoms with Gasteiger partial charge in [-0.05, 0) is 30.7 Å². The molecule has 10 heteroatoms. The first-order chi connectivity index (χ1) is 14.1. The SMILES string of the molecule is Cc1ccc(Nc2cc(S(=O)(=O)[O-])c(N)c3c2C(=O)c2ccccc2C3=O)cc1N.[Na+]. The van der Waals surface area contributed by atoms with E-state index in [0.717, 1.165) is 11.6 Å². The Morgan fingerprint density at radius 1 is 0.903 bits per heavy atom. The van der Waals surface area contributed by atoms with E-state index in [9.17, 15) is 22.6 Å². The fraction of sp³-hybridized carbons (Fsp3) is 0.0476. The molecule has 4 rings (SSSR count). The first-order valence-electron chi connectivity index (χ1n) is 8.83. The molecule has 8 nitrogen and oxygen atoms in total. The summed E-state index contributed by atoms with van der Waals surface area (Å²) in [6, 6.07) is 12.1. The second kappa shape index (κ2) is 8.10. The molecule has 0 amide bonds. The number of rotatable bonds is 3. The Kier molecular flexibility index (Phi) is 6.01. The van der Waals surface area contributed by atoms with Crippen molar-refractivity contribution in [1.82, 2.24) is 0 Å². The van der Waals surface area contributed by atoms with Crippen LogP contribution in [0.4, 0.5) is 22.7 Å². The molecule has 3 aromatic carbocycles. The third-order valence-electron chi connectivity index (χ3n) is 5.03. The first kappa shape index (κ1) is 23.0. The average molecular weight is 445 g/mol. The van der Waals surface area contributed by atoms with Gasteiger partial charge in [0.2, 0.25) is 0 Å². The summed E-state index contributed by atoms with van der Waals surface area (Å²) < 4.78 is 35.4. The number of carbonyl (C=O) groups excluding carboxylic acids is 2. The zero-order valence-electron chi connectivity index (χ0n) is 16.7. The summed E-state index contributed by atoms with van der Waals surface area (Å²) in [6.07, 6.45) is 0. The molecule has 152 valence electrons. The molecule has 5 N–H and O–H groups in total. The molecule has 0 aromatic heterocycles. The monoisotopic (exact) mass is 445 g/mol. The van der Waals surface area contributed by atoms with E-state index in [1.165, 1.54) is 12.1 Å². The molecule has 1 aliphatic carbocycles. The number of benzene rings is 3. The van der Waals surface area contributed by atoms with Gasteiger partial charge in [-0.3, -0.25) is 9.59 Å². The van der Waals surface area contributed by atoms with E-state index in [1.807, 2.05) is 6.92 Å². The molecule has 0 fully saturated rings. The van der Waals surface area contributed by atoms with Gasteiger partial charge in [-0.2, -0.15) is 0 Å². The van der Waals surface area contributed by atoms with Crippen LogP contribution < -0.4 is 46.3 Å². The number of aryl methyl sites for hydroxylation is 1. The third kappa shape index (κ3) is 3.86. The Morgan fingerprint density at radius 2 is 1.48 bits per heavy atom. The maximum atomic E-state index is 13.2. The summed E-state index contributed by atoms with van der Waals surface area (Å²) in [6.45, 7) is 1.81. The number of hydrogen-bond donors (Lipinski definition) is 3. The van der Waals surface area contributed by atoms with Gasteiger partial charge in [-0.15, -0.1) is 0 Å². The van der Waals surface area contributed by atoms with Gasteiger partial charge in [0.25, 0.3) is 0 Å². The number of fused-ring (bicyclic) bond motifs is 2. The molecule has 0 bridgehead atoms. The van der Waals surface area contributed by atoms with E-state index in [1.54, 1.807) is 30.3 Å². The van der Waals surface area contributed by atoms with E-state index in [-0.39, 0.29) is 57.5 Å². The van der Waals surface area contributed by atoms with Crippen molar-refractivity contribution in [3.05, 3.63) is 76.3 Å².